The molecule has 1 aliphatic rings. The molecule has 0 heterocycles. The van der Waals surface area contributed by atoms with Crippen molar-refractivity contribution >= 4 is 10.8 Å². The van der Waals surface area contributed by atoms with E-state index in [9.17, 15) is 0 Å². The van der Waals surface area contributed by atoms with Crippen LogP contribution >= 0.6 is 0 Å². The van der Waals surface area contributed by atoms with Crippen LogP contribution < -0.4 is 0 Å². The lowest BCUT2D eigenvalue weighted by molar-refractivity contribution is 1.54. The molecular weight excluding hydrogens is 480 g/mol. The Morgan fingerprint density at radius 1 is 0.325 bits per heavy atom. The zero-order valence-electron chi connectivity index (χ0n) is 21.9. The van der Waals surface area contributed by atoms with E-state index < -0.39 is 0 Å². The quantitative estimate of drug-likeness (QED) is 0.223. The van der Waals surface area contributed by atoms with Crippen LogP contribution in [-0.2, 0) is 0 Å². The van der Waals surface area contributed by atoms with Gasteiger partial charge >= 0.3 is 0 Å². The summed E-state index contributed by atoms with van der Waals surface area (Å²) >= 11 is 0. The van der Waals surface area contributed by atoms with E-state index in [-0.39, 0.29) is 0 Å². The highest BCUT2D eigenvalue weighted by atomic mass is 14.4. The molecule has 40 heavy (non-hydrogen) atoms. The van der Waals surface area contributed by atoms with Gasteiger partial charge in [0, 0.05) is 0 Å². The first kappa shape index (κ1) is 22.8. The van der Waals surface area contributed by atoms with Crippen LogP contribution in [-0.4, -0.2) is 0 Å². The molecular formula is C40H25. The van der Waals surface area contributed by atoms with Gasteiger partial charge < -0.3 is 0 Å². The minimum absolute atomic E-state index is 1.19. The minimum atomic E-state index is 1.19. The van der Waals surface area contributed by atoms with Crippen LogP contribution in [0.2, 0.25) is 0 Å². The summed E-state index contributed by atoms with van der Waals surface area (Å²) in [5.74, 6) is 0. The van der Waals surface area contributed by atoms with Gasteiger partial charge in [0.1, 0.15) is 0 Å². The number of benzene rings is 7. The van der Waals surface area contributed by atoms with Crippen molar-refractivity contribution < 1.29 is 0 Å². The third-order valence-corrected chi connectivity index (χ3v) is 8.11. The third kappa shape index (κ3) is 3.40. The molecule has 0 nitrogen and oxygen atoms in total. The van der Waals surface area contributed by atoms with E-state index in [0.717, 1.165) is 0 Å². The summed E-state index contributed by atoms with van der Waals surface area (Å²) in [6, 6.07) is 58.3. The second-order valence-corrected chi connectivity index (χ2v) is 10.3. The molecule has 0 amide bonds. The molecule has 7 aromatic carbocycles. The van der Waals surface area contributed by atoms with Crippen molar-refractivity contribution in [2.75, 3.05) is 0 Å². The van der Waals surface area contributed by atoms with Crippen LogP contribution in [0.1, 0.15) is 0 Å². The Labute approximate surface area is 234 Å². The largest absolute Gasteiger partial charge is 0.0622 e. The van der Waals surface area contributed by atoms with Crippen molar-refractivity contribution in [3.63, 3.8) is 0 Å². The Kier molecular flexibility index (Phi) is 5.24. The molecule has 8 rings (SSSR count). The highest BCUT2D eigenvalue weighted by Gasteiger charge is 2.33. The number of hydrogen-bond donors (Lipinski definition) is 0. The molecule has 0 atom stereocenters. The van der Waals surface area contributed by atoms with E-state index in [2.05, 4.69) is 158 Å². The van der Waals surface area contributed by atoms with E-state index >= 15 is 0 Å². The molecule has 0 fully saturated rings. The van der Waals surface area contributed by atoms with Crippen LogP contribution in [0.5, 0.6) is 0 Å². The first-order valence-electron chi connectivity index (χ1n) is 13.8. The molecule has 0 saturated heterocycles. The van der Waals surface area contributed by atoms with Crippen LogP contribution in [0, 0.1) is 6.07 Å². The van der Waals surface area contributed by atoms with Gasteiger partial charge in [0.05, 0.1) is 0 Å². The van der Waals surface area contributed by atoms with Crippen LogP contribution in [0.4, 0.5) is 0 Å². The zero-order chi connectivity index (χ0) is 26.5. The summed E-state index contributed by atoms with van der Waals surface area (Å²) in [7, 11) is 0. The fourth-order valence-electron chi connectivity index (χ4n) is 6.52. The fourth-order valence-corrected chi connectivity index (χ4v) is 6.52. The third-order valence-electron chi connectivity index (χ3n) is 8.11. The predicted molar refractivity (Wildman–Crippen MR) is 169 cm³/mol. The number of hydrogen-bond acceptors (Lipinski definition) is 0. The molecule has 1 radical (unpaired) electrons. The van der Waals surface area contributed by atoms with Crippen molar-refractivity contribution in [1.29, 1.82) is 0 Å². The Morgan fingerprint density at radius 2 is 0.750 bits per heavy atom. The van der Waals surface area contributed by atoms with Gasteiger partial charge in [-0.15, -0.1) is 0 Å². The van der Waals surface area contributed by atoms with Crippen LogP contribution in [0.15, 0.2) is 152 Å². The summed E-state index contributed by atoms with van der Waals surface area (Å²) < 4.78 is 0. The Balaban J connectivity index is 1.69. The lowest BCUT2D eigenvalue weighted by atomic mass is 9.76. The van der Waals surface area contributed by atoms with Gasteiger partial charge in [0.15, 0.2) is 0 Å². The first-order valence-corrected chi connectivity index (χ1v) is 13.8. The van der Waals surface area contributed by atoms with E-state index in [0.29, 0.717) is 0 Å². The summed E-state index contributed by atoms with van der Waals surface area (Å²) in [4.78, 5) is 0. The molecule has 0 unspecified atom stereocenters. The molecule has 0 saturated carbocycles. The highest BCUT2D eigenvalue weighted by Crippen LogP contribution is 2.60. The van der Waals surface area contributed by atoms with Gasteiger partial charge in [-0.1, -0.05) is 152 Å². The summed E-state index contributed by atoms with van der Waals surface area (Å²) in [6.07, 6.45) is 0. The average Bonchev–Trinajstić information content (AvgIpc) is 3.37. The lowest BCUT2D eigenvalue weighted by Gasteiger charge is -2.26. The molecule has 0 bridgehead atoms. The van der Waals surface area contributed by atoms with Gasteiger partial charge in [-0.3, -0.25) is 0 Å². The minimum Gasteiger partial charge on any atom is -0.0622 e. The Bertz CT molecular complexity index is 1860. The van der Waals surface area contributed by atoms with E-state index in [1.165, 1.54) is 77.5 Å². The van der Waals surface area contributed by atoms with Gasteiger partial charge in [-0.25, -0.2) is 0 Å². The van der Waals surface area contributed by atoms with E-state index in [1.807, 2.05) is 0 Å². The second-order valence-electron chi connectivity index (χ2n) is 10.3. The molecule has 0 N–H and O–H groups in total. The van der Waals surface area contributed by atoms with Crippen molar-refractivity contribution in [3.05, 3.63) is 158 Å². The van der Waals surface area contributed by atoms with Crippen molar-refractivity contribution in [2.45, 2.75) is 0 Å². The fraction of sp³-hybridized carbons (Fsp3) is 0. The van der Waals surface area contributed by atoms with Crippen molar-refractivity contribution in [1.82, 2.24) is 0 Å². The highest BCUT2D eigenvalue weighted by molar-refractivity contribution is 6.25. The summed E-state index contributed by atoms with van der Waals surface area (Å²) in [6.45, 7) is 0. The first-order chi connectivity index (χ1) is 19.9. The van der Waals surface area contributed by atoms with Gasteiger partial charge in [0.25, 0.3) is 0 Å². The normalized spacial score (nSPS) is 11.5. The molecule has 0 spiro atoms. The molecule has 0 aromatic heterocycles. The maximum atomic E-state index is 3.70. The SMILES string of the molecule is [c]1ccc2cccc3c2c1-c1c(-c2ccccc2)c(-c2ccccc2)c(-c2ccccc2)c(-c2ccccc2)c1-3. The summed E-state index contributed by atoms with van der Waals surface area (Å²) in [5.41, 5.74) is 15.0. The zero-order valence-corrected chi connectivity index (χ0v) is 21.9. The number of fused-ring (bicyclic) bond motifs is 3. The predicted octanol–water partition coefficient (Wildman–Crippen LogP) is 11.0. The van der Waals surface area contributed by atoms with Crippen LogP contribution in [0.25, 0.3) is 77.5 Å². The lowest BCUT2D eigenvalue weighted by Crippen LogP contribution is -1.99. The second kappa shape index (κ2) is 9.22. The smallest absolute Gasteiger partial charge is 0.0000936 e. The number of rotatable bonds is 4. The van der Waals surface area contributed by atoms with Crippen molar-refractivity contribution in [3.8, 4) is 66.8 Å². The maximum Gasteiger partial charge on any atom is -0.0000936 e. The molecule has 1 aliphatic carbocycles. The molecule has 185 valence electrons. The average molecular weight is 506 g/mol. The van der Waals surface area contributed by atoms with E-state index in [4.69, 9.17) is 0 Å². The Hall–Kier alpha value is -5.20. The van der Waals surface area contributed by atoms with Gasteiger partial charge in [-0.05, 0) is 83.6 Å². The van der Waals surface area contributed by atoms with Crippen LogP contribution in [0.3, 0.4) is 0 Å². The Morgan fingerprint density at radius 3 is 1.23 bits per heavy atom. The summed E-state index contributed by atoms with van der Waals surface area (Å²) in [5, 5.41) is 2.54. The molecule has 7 aromatic rings. The van der Waals surface area contributed by atoms with Gasteiger partial charge in [0.2, 0.25) is 0 Å². The molecule has 0 aliphatic heterocycles. The monoisotopic (exact) mass is 505 g/mol. The van der Waals surface area contributed by atoms with Crippen molar-refractivity contribution in [2.24, 2.45) is 0 Å². The van der Waals surface area contributed by atoms with E-state index in [1.54, 1.807) is 0 Å². The maximum absolute atomic E-state index is 3.70. The topological polar surface area (TPSA) is 0 Å². The van der Waals surface area contributed by atoms with Gasteiger partial charge in [-0.2, -0.15) is 0 Å². The molecule has 0 heteroatoms. The standard InChI is InChI=1S/C40H25/c1-5-15-28(16-6-1)35-36(29-17-7-2-8-18-29)38(31-21-11-4-12-22-31)40-33-26-14-24-27-23-13-25-32(34(27)33)39(40)37(35)30-19-9-3-10-20-30/h1-25H.